The van der Waals surface area contributed by atoms with Gasteiger partial charge in [0.25, 0.3) is 0 Å². The first kappa shape index (κ1) is 24.5. The van der Waals surface area contributed by atoms with Crippen molar-refractivity contribution in [3.05, 3.63) is 70.9 Å². The molecule has 8 nitrogen and oxygen atoms in total. The van der Waals surface area contributed by atoms with Gasteiger partial charge >= 0.3 is 12.0 Å². The van der Waals surface area contributed by atoms with E-state index in [0.717, 1.165) is 36.7 Å². The molecule has 2 aliphatic rings. The van der Waals surface area contributed by atoms with Crippen LogP contribution in [0.25, 0.3) is 0 Å². The number of benzene rings is 2. The number of nitrogens with one attached hydrogen (secondary N) is 2. The molecule has 1 saturated heterocycles. The van der Waals surface area contributed by atoms with Crippen molar-refractivity contribution in [2.75, 3.05) is 51.3 Å². The lowest BCUT2D eigenvalue weighted by Crippen LogP contribution is -2.51. The Hall–Kier alpha value is -3.66. The Balaban J connectivity index is 1.57. The largest absolute Gasteiger partial charge is 0.495 e. The van der Waals surface area contributed by atoms with Crippen molar-refractivity contribution in [1.82, 2.24) is 15.5 Å². The van der Waals surface area contributed by atoms with Gasteiger partial charge in [-0.15, -0.1) is 0 Å². The van der Waals surface area contributed by atoms with Crippen LogP contribution in [0.15, 0.2) is 53.7 Å². The van der Waals surface area contributed by atoms with E-state index in [1.165, 1.54) is 6.07 Å². The number of carbonyl (C=O) groups is 2. The Labute approximate surface area is 202 Å². The summed E-state index contributed by atoms with van der Waals surface area (Å²) in [5.74, 6) is -1.90. The van der Waals surface area contributed by atoms with E-state index < -0.39 is 29.7 Å². The van der Waals surface area contributed by atoms with Gasteiger partial charge < -0.3 is 25.0 Å². The molecule has 0 aliphatic carbocycles. The predicted octanol–water partition coefficient (Wildman–Crippen LogP) is 2.97. The Bertz CT molecular complexity index is 1130. The van der Waals surface area contributed by atoms with Gasteiger partial charge in [-0.05, 0) is 36.8 Å². The van der Waals surface area contributed by atoms with Gasteiger partial charge in [0.15, 0.2) is 11.6 Å². The van der Waals surface area contributed by atoms with Crippen molar-refractivity contribution < 1.29 is 27.8 Å². The third-order valence-electron chi connectivity index (χ3n) is 6.11. The molecular weight excluding hydrogens is 458 g/mol. The summed E-state index contributed by atoms with van der Waals surface area (Å²) in [4.78, 5) is 29.7. The first-order chi connectivity index (χ1) is 16.9. The molecule has 0 unspecified atom stereocenters. The van der Waals surface area contributed by atoms with Crippen LogP contribution < -0.4 is 20.3 Å². The second-order valence-corrected chi connectivity index (χ2v) is 8.25. The molecular formula is C25H28F2N4O4. The van der Waals surface area contributed by atoms with E-state index in [1.54, 1.807) is 14.0 Å². The second-order valence-electron chi connectivity index (χ2n) is 8.25. The third kappa shape index (κ3) is 5.37. The van der Waals surface area contributed by atoms with Crippen LogP contribution in [0.5, 0.6) is 5.75 Å². The van der Waals surface area contributed by atoms with Crippen LogP contribution in [0.1, 0.15) is 18.5 Å². The number of halogens is 2. The third-order valence-corrected chi connectivity index (χ3v) is 6.11. The zero-order chi connectivity index (χ0) is 24.9. The summed E-state index contributed by atoms with van der Waals surface area (Å²) in [6.07, 6.45) is 0. The average Bonchev–Trinajstić information content (AvgIpc) is 2.86. The van der Waals surface area contributed by atoms with E-state index in [-0.39, 0.29) is 17.7 Å². The number of piperazine rings is 1. The molecule has 0 radical (unpaired) electrons. The lowest BCUT2D eigenvalue weighted by molar-refractivity contribution is -0.139. The summed E-state index contributed by atoms with van der Waals surface area (Å²) in [7, 11) is 1.64. The highest BCUT2D eigenvalue weighted by Gasteiger charge is 2.35. The van der Waals surface area contributed by atoms with Crippen LogP contribution >= 0.6 is 0 Å². The van der Waals surface area contributed by atoms with Gasteiger partial charge in [-0.1, -0.05) is 18.2 Å². The van der Waals surface area contributed by atoms with Crippen LogP contribution in [0, 0.1) is 11.6 Å². The number of amides is 2. The molecule has 4 rings (SSSR count). The molecule has 2 amide bonds. The Morgan fingerprint density at radius 1 is 1.09 bits per heavy atom. The monoisotopic (exact) mass is 486 g/mol. The number of hydrogen-bond acceptors (Lipinski definition) is 6. The normalized spacial score (nSPS) is 18.7. The van der Waals surface area contributed by atoms with Crippen molar-refractivity contribution in [2.45, 2.75) is 13.0 Å². The van der Waals surface area contributed by atoms with Gasteiger partial charge in [-0.3, -0.25) is 4.90 Å². The standard InChI is InChI=1S/C25H28F2N4O4/c1-3-35-24(32)22-19(28-25(33)29-23(22)16-8-9-17(26)18(27)14-16)15-30-10-12-31(13-11-30)20-6-4-5-7-21(20)34-2/h4-9,14,23H,3,10-13,15H2,1-2H3,(H2,28,29,33)/t23-/m0/s1. The molecule has 10 heteroatoms. The minimum absolute atomic E-state index is 0.131. The van der Waals surface area contributed by atoms with E-state index >= 15 is 0 Å². The Morgan fingerprint density at radius 2 is 1.83 bits per heavy atom. The lowest BCUT2D eigenvalue weighted by atomic mass is 9.94. The fourth-order valence-electron chi connectivity index (χ4n) is 4.40. The molecule has 186 valence electrons. The van der Waals surface area contributed by atoms with Gasteiger partial charge in [0.1, 0.15) is 5.75 Å². The summed E-state index contributed by atoms with van der Waals surface area (Å²) in [5.41, 5.74) is 1.81. The van der Waals surface area contributed by atoms with Crippen molar-refractivity contribution in [3.63, 3.8) is 0 Å². The second kappa shape index (κ2) is 10.7. The summed E-state index contributed by atoms with van der Waals surface area (Å²) in [6, 6.07) is 9.61. The molecule has 0 aromatic heterocycles. The molecule has 35 heavy (non-hydrogen) atoms. The maximum Gasteiger partial charge on any atom is 0.338 e. The van der Waals surface area contributed by atoms with Gasteiger partial charge in [0.2, 0.25) is 0 Å². The van der Waals surface area contributed by atoms with Gasteiger partial charge in [0.05, 0.1) is 31.0 Å². The summed E-state index contributed by atoms with van der Waals surface area (Å²) in [6.45, 7) is 4.90. The predicted molar refractivity (Wildman–Crippen MR) is 126 cm³/mol. The van der Waals surface area contributed by atoms with Crippen LogP contribution in [0.2, 0.25) is 0 Å². The molecule has 0 saturated carbocycles. The van der Waals surface area contributed by atoms with Gasteiger partial charge in [-0.25, -0.2) is 18.4 Å². The van der Waals surface area contributed by atoms with Gasteiger partial charge in [0, 0.05) is 38.4 Å². The zero-order valence-electron chi connectivity index (χ0n) is 19.6. The average molecular weight is 487 g/mol. The van der Waals surface area contributed by atoms with Crippen LogP contribution in [-0.4, -0.2) is 63.3 Å². The first-order valence-corrected chi connectivity index (χ1v) is 11.4. The quantitative estimate of drug-likeness (QED) is 0.586. The lowest BCUT2D eigenvalue weighted by Gasteiger charge is -2.38. The number of para-hydroxylation sites is 2. The number of methoxy groups -OCH3 is 1. The maximum atomic E-state index is 14.0. The minimum atomic E-state index is -1.06. The number of hydrogen-bond donors (Lipinski definition) is 2. The summed E-state index contributed by atoms with van der Waals surface area (Å²) < 4.78 is 38.2. The van der Waals surface area contributed by atoms with Crippen LogP contribution in [0.3, 0.4) is 0 Å². The number of rotatable bonds is 7. The molecule has 1 atom stereocenters. The number of esters is 1. The topological polar surface area (TPSA) is 83.1 Å². The minimum Gasteiger partial charge on any atom is -0.495 e. The highest BCUT2D eigenvalue weighted by atomic mass is 19.2. The number of carbonyl (C=O) groups excluding carboxylic acids is 2. The van der Waals surface area contributed by atoms with Crippen LogP contribution in [0.4, 0.5) is 19.3 Å². The summed E-state index contributed by atoms with van der Waals surface area (Å²) >= 11 is 0. The van der Waals surface area contributed by atoms with Crippen molar-refractivity contribution in [2.24, 2.45) is 0 Å². The Morgan fingerprint density at radius 3 is 2.51 bits per heavy atom. The van der Waals surface area contributed by atoms with E-state index in [4.69, 9.17) is 9.47 Å². The summed E-state index contributed by atoms with van der Waals surface area (Å²) in [5, 5.41) is 5.36. The fraction of sp³-hybridized carbons (Fsp3) is 0.360. The molecule has 2 aliphatic heterocycles. The highest BCUT2D eigenvalue weighted by molar-refractivity contribution is 5.95. The van der Waals surface area contributed by atoms with Crippen LogP contribution in [-0.2, 0) is 9.53 Å². The van der Waals surface area contributed by atoms with Gasteiger partial charge in [-0.2, -0.15) is 0 Å². The van der Waals surface area contributed by atoms with E-state index in [1.807, 2.05) is 24.3 Å². The van der Waals surface area contributed by atoms with E-state index in [2.05, 4.69) is 20.4 Å². The molecule has 0 bridgehead atoms. The number of urea groups is 1. The maximum absolute atomic E-state index is 14.0. The number of nitrogens with zero attached hydrogens (tertiary/aromatic N) is 2. The fourth-order valence-corrected chi connectivity index (χ4v) is 4.40. The smallest absolute Gasteiger partial charge is 0.338 e. The highest BCUT2D eigenvalue weighted by Crippen LogP contribution is 2.31. The van der Waals surface area contributed by atoms with Crippen molar-refractivity contribution in [3.8, 4) is 5.75 Å². The first-order valence-electron chi connectivity index (χ1n) is 11.4. The number of anilines is 1. The molecule has 1 fully saturated rings. The molecule has 0 spiro atoms. The SMILES string of the molecule is CCOC(=O)C1=C(CN2CCN(c3ccccc3OC)CC2)NC(=O)N[C@H]1c1ccc(F)c(F)c1. The van der Waals surface area contributed by atoms with Crippen molar-refractivity contribution in [1.29, 1.82) is 0 Å². The Kier molecular flexibility index (Phi) is 7.50. The van der Waals surface area contributed by atoms with E-state index in [9.17, 15) is 18.4 Å². The zero-order valence-corrected chi connectivity index (χ0v) is 19.6. The number of ether oxygens (including phenoxy) is 2. The molecule has 2 heterocycles. The molecule has 2 aromatic rings. The van der Waals surface area contributed by atoms with Crippen molar-refractivity contribution >= 4 is 17.7 Å². The van der Waals surface area contributed by atoms with E-state index in [0.29, 0.717) is 25.3 Å². The molecule has 2 N–H and O–H groups in total. The molecule has 2 aromatic carbocycles.